The van der Waals surface area contributed by atoms with Gasteiger partial charge in [-0.15, -0.1) is 0 Å². The average molecular weight is 426 g/mol. The van der Waals surface area contributed by atoms with Crippen LogP contribution in [0.2, 0.25) is 0 Å². The summed E-state index contributed by atoms with van der Waals surface area (Å²) in [7, 11) is 1.33. The molecule has 0 amide bonds. The number of Topliss-reactive ketones (excluding diaryl/α,β-unsaturated/α-hetero) is 1. The van der Waals surface area contributed by atoms with Crippen molar-refractivity contribution in [1.82, 2.24) is 5.32 Å². The van der Waals surface area contributed by atoms with E-state index < -0.39 is 17.9 Å². The number of methoxy groups -OCH3 is 1. The van der Waals surface area contributed by atoms with Crippen LogP contribution in [-0.2, 0) is 19.1 Å². The van der Waals surface area contributed by atoms with Gasteiger partial charge in [-0.2, -0.15) is 0 Å². The van der Waals surface area contributed by atoms with E-state index in [-0.39, 0.29) is 11.2 Å². The van der Waals surface area contributed by atoms with Gasteiger partial charge in [0, 0.05) is 29.3 Å². The van der Waals surface area contributed by atoms with Crippen LogP contribution < -0.4 is 5.32 Å². The van der Waals surface area contributed by atoms with Crippen LogP contribution in [0.4, 0.5) is 0 Å². The fourth-order valence-electron chi connectivity index (χ4n) is 4.36. The summed E-state index contributed by atoms with van der Waals surface area (Å²) in [6.45, 7) is 8.37. The molecule has 3 rings (SSSR count). The van der Waals surface area contributed by atoms with Gasteiger partial charge >= 0.3 is 11.9 Å². The fraction of sp³-hybridized carbons (Fsp3) is 0.480. The molecule has 0 saturated carbocycles. The summed E-state index contributed by atoms with van der Waals surface area (Å²) < 4.78 is 10.3. The van der Waals surface area contributed by atoms with Gasteiger partial charge in [-0.3, -0.25) is 4.79 Å². The third kappa shape index (κ3) is 4.73. The SMILES string of the molecule is CCCCOC(=O)C1=C(C)NC2=C(C(=O)CC(C)(C)C2)[C@H]1c1ccc(C(=O)OC)cc1. The Morgan fingerprint density at radius 1 is 1.13 bits per heavy atom. The Balaban J connectivity index is 2.07. The van der Waals surface area contributed by atoms with E-state index in [4.69, 9.17) is 9.47 Å². The van der Waals surface area contributed by atoms with E-state index in [9.17, 15) is 14.4 Å². The minimum Gasteiger partial charge on any atom is -0.465 e. The van der Waals surface area contributed by atoms with Crippen molar-refractivity contribution in [3.63, 3.8) is 0 Å². The Bertz CT molecular complexity index is 953. The number of ether oxygens (including phenoxy) is 2. The number of nitrogens with one attached hydrogen (secondary N) is 1. The molecule has 1 heterocycles. The molecule has 6 heteroatoms. The first-order valence-corrected chi connectivity index (χ1v) is 10.8. The van der Waals surface area contributed by atoms with E-state index in [0.29, 0.717) is 35.4 Å². The van der Waals surface area contributed by atoms with Crippen molar-refractivity contribution in [3.8, 4) is 0 Å². The topological polar surface area (TPSA) is 81.7 Å². The number of ketones is 1. The highest BCUT2D eigenvalue weighted by atomic mass is 16.5. The predicted octanol–water partition coefficient (Wildman–Crippen LogP) is 4.42. The van der Waals surface area contributed by atoms with E-state index in [1.54, 1.807) is 24.3 Å². The van der Waals surface area contributed by atoms with Crippen molar-refractivity contribution < 1.29 is 23.9 Å². The number of hydrogen-bond donors (Lipinski definition) is 1. The minimum atomic E-state index is -0.527. The quantitative estimate of drug-likeness (QED) is 0.537. The average Bonchev–Trinajstić information content (AvgIpc) is 2.71. The molecule has 1 aromatic carbocycles. The Hall–Kier alpha value is -2.89. The normalized spacial score (nSPS) is 20.2. The molecular weight excluding hydrogens is 394 g/mol. The highest BCUT2D eigenvalue weighted by molar-refractivity contribution is 6.04. The number of dihydropyridines is 1. The lowest BCUT2D eigenvalue weighted by Gasteiger charge is -2.39. The molecule has 2 aliphatic rings. The largest absolute Gasteiger partial charge is 0.465 e. The molecule has 0 bridgehead atoms. The maximum Gasteiger partial charge on any atom is 0.337 e. The Kier molecular flexibility index (Phi) is 6.68. The second kappa shape index (κ2) is 9.08. The van der Waals surface area contributed by atoms with E-state index in [2.05, 4.69) is 19.2 Å². The summed E-state index contributed by atoms with van der Waals surface area (Å²) in [6.07, 6.45) is 2.84. The zero-order valence-electron chi connectivity index (χ0n) is 19.0. The van der Waals surface area contributed by atoms with Crippen molar-refractivity contribution in [2.45, 2.75) is 59.3 Å². The molecule has 0 saturated heterocycles. The molecule has 166 valence electrons. The summed E-state index contributed by atoms with van der Waals surface area (Å²) in [6, 6.07) is 6.89. The third-order valence-electron chi connectivity index (χ3n) is 5.86. The van der Waals surface area contributed by atoms with Gasteiger partial charge in [0.15, 0.2) is 5.78 Å². The molecule has 1 aliphatic carbocycles. The first kappa shape index (κ1) is 22.8. The number of carbonyl (C=O) groups excluding carboxylic acids is 3. The minimum absolute atomic E-state index is 0.0344. The number of unbranched alkanes of at least 4 members (excludes halogenated alkanes) is 1. The molecule has 1 atom stereocenters. The van der Waals surface area contributed by atoms with Gasteiger partial charge < -0.3 is 14.8 Å². The molecule has 31 heavy (non-hydrogen) atoms. The Morgan fingerprint density at radius 3 is 2.42 bits per heavy atom. The van der Waals surface area contributed by atoms with Crippen molar-refractivity contribution in [2.24, 2.45) is 5.41 Å². The molecule has 1 aromatic rings. The monoisotopic (exact) mass is 425 g/mol. The number of allylic oxidation sites excluding steroid dienone is 3. The molecule has 6 nitrogen and oxygen atoms in total. The number of carbonyl (C=O) groups is 3. The predicted molar refractivity (Wildman–Crippen MR) is 117 cm³/mol. The number of rotatable bonds is 6. The third-order valence-corrected chi connectivity index (χ3v) is 5.86. The van der Waals surface area contributed by atoms with Crippen LogP contribution in [0.1, 0.15) is 75.2 Å². The molecule has 1 aliphatic heterocycles. The van der Waals surface area contributed by atoms with Gasteiger partial charge in [-0.1, -0.05) is 39.3 Å². The molecule has 0 radical (unpaired) electrons. The lowest BCUT2D eigenvalue weighted by molar-refractivity contribution is -0.139. The number of esters is 2. The lowest BCUT2D eigenvalue weighted by atomic mass is 9.68. The summed E-state index contributed by atoms with van der Waals surface area (Å²) in [5.74, 6) is -1.34. The van der Waals surface area contributed by atoms with Gasteiger partial charge in [-0.05, 0) is 42.9 Å². The maximum atomic E-state index is 13.2. The first-order valence-electron chi connectivity index (χ1n) is 10.8. The van der Waals surface area contributed by atoms with Crippen LogP contribution in [0.25, 0.3) is 0 Å². The van der Waals surface area contributed by atoms with Crippen molar-refractivity contribution in [1.29, 1.82) is 0 Å². The summed E-state index contributed by atoms with van der Waals surface area (Å²) in [4.78, 5) is 38.2. The van der Waals surface area contributed by atoms with E-state index in [0.717, 1.165) is 30.5 Å². The van der Waals surface area contributed by atoms with Crippen LogP contribution in [0.5, 0.6) is 0 Å². The molecular formula is C25H31NO5. The van der Waals surface area contributed by atoms with Crippen molar-refractivity contribution in [2.75, 3.05) is 13.7 Å². The van der Waals surface area contributed by atoms with Gasteiger partial charge in [0.1, 0.15) is 0 Å². The molecule has 0 unspecified atom stereocenters. The van der Waals surface area contributed by atoms with Gasteiger partial charge in [-0.25, -0.2) is 9.59 Å². The Morgan fingerprint density at radius 2 is 1.81 bits per heavy atom. The van der Waals surface area contributed by atoms with Crippen LogP contribution in [0.3, 0.4) is 0 Å². The zero-order chi connectivity index (χ0) is 22.8. The molecule has 0 aromatic heterocycles. The second-order valence-corrected chi connectivity index (χ2v) is 9.03. The lowest BCUT2D eigenvalue weighted by Crippen LogP contribution is -2.38. The fourth-order valence-corrected chi connectivity index (χ4v) is 4.36. The summed E-state index contributed by atoms with van der Waals surface area (Å²) in [5, 5.41) is 3.33. The van der Waals surface area contributed by atoms with Crippen LogP contribution in [0.15, 0.2) is 46.8 Å². The highest BCUT2D eigenvalue weighted by Crippen LogP contribution is 2.46. The zero-order valence-corrected chi connectivity index (χ0v) is 19.0. The smallest absolute Gasteiger partial charge is 0.337 e. The summed E-state index contributed by atoms with van der Waals surface area (Å²) in [5.41, 5.74) is 3.68. The van der Waals surface area contributed by atoms with E-state index in [1.807, 2.05) is 13.8 Å². The number of benzene rings is 1. The first-order chi connectivity index (χ1) is 14.7. The molecule has 0 spiro atoms. The maximum absolute atomic E-state index is 13.2. The second-order valence-electron chi connectivity index (χ2n) is 9.03. The van der Waals surface area contributed by atoms with Gasteiger partial charge in [0.25, 0.3) is 0 Å². The van der Waals surface area contributed by atoms with Crippen molar-refractivity contribution >= 4 is 17.7 Å². The molecule has 0 fully saturated rings. The summed E-state index contributed by atoms with van der Waals surface area (Å²) >= 11 is 0. The van der Waals surface area contributed by atoms with Crippen LogP contribution in [0, 0.1) is 5.41 Å². The van der Waals surface area contributed by atoms with Crippen LogP contribution >= 0.6 is 0 Å². The standard InChI is InChI=1S/C25H31NO5/c1-6-7-12-31-24(29)20-15(2)26-18-13-25(3,4)14-19(27)22(18)21(20)16-8-10-17(11-9-16)23(28)30-5/h8-11,21,26H,6-7,12-14H2,1-5H3/t21-/m0/s1. The Labute approximate surface area is 183 Å². The highest BCUT2D eigenvalue weighted by Gasteiger charge is 2.43. The van der Waals surface area contributed by atoms with Gasteiger partial charge in [0.2, 0.25) is 0 Å². The van der Waals surface area contributed by atoms with Gasteiger partial charge in [0.05, 0.1) is 24.9 Å². The van der Waals surface area contributed by atoms with E-state index in [1.165, 1.54) is 7.11 Å². The van der Waals surface area contributed by atoms with Crippen LogP contribution in [-0.4, -0.2) is 31.4 Å². The van der Waals surface area contributed by atoms with Crippen molar-refractivity contribution in [3.05, 3.63) is 57.9 Å². The number of hydrogen-bond acceptors (Lipinski definition) is 6. The molecule has 1 N–H and O–H groups in total. The van der Waals surface area contributed by atoms with E-state index >= 15 is 0 Å².